The van der Waals surface area contributed by atoms with Gasteiger partial charge in [-0.3, -0.25) is 0 Å². The zero-order valence-corrected chi connectivity index (χ0v) is 16.6. The second kappa shape index (κ2) is 8.43. The van der Waals surface area contributed by atoms with Crippen LogP contribution in [0.15, 0.2) is 42.5 Å². The highest BCUT2D eigenvalue weighted by molar-refractivity contribution is 7.14. The van der Waals surface area contributed by atoms with E-state index in [1.54, 1.807) is 0 Å². The summed E-state index contributed by atoms with van der Waals surface area (Å²) in [6.07, 6.45) is 1.70. The van der Waals surface area contributed by atoms with E-state index >= 15 is 0 Å². The van der Waals surface area contributed by atoms with E-state index in [1.807, 2.05) is 12.1 Å². The van der Waals surface area contributed by atoms with Crippen LogP contribution in [0.2, 0.25) is 5.02 Å². The topological polar surface area (TPSA) is 58.5 Å². The molecule has 1 N–H and O–H groups in total. The van der Waals surface area contributed by atoms with E-state index in [9.17, 15) is 4.39 Å². The van der Waals surface area contributed by atoms with Crippen LogP contribution in [0.1, 0.15) is 17.8 Å². The fourth-order valence-electron chi connectivity index (χ4n) is 3.23. The Labute approximate surface area is 171 Å². The minimum absolute atomic E-state index is 0.0214. The quantitative estimate of drug-likeness (QED) is 0.658. The van der Waals surface area contributed by atoms with Crippen LogP contribution >= 0.6 is 22.9 Å². The van der Waals surface area contributed by atoms with E-state index in [4.69, 9.17) is 21.4 Å². The van der Waals surface area contributed by atoms with E-state index in [-0.39, 0.29) is 18.5 Å². The van der Waals surface area contributed by atoms with Crippen molar-refractivity contribution >= 4 is 28.6 Å². The van der Waals surface area contributed by atoms with Gasteiger partial charge in [-0.2, -0.15) is 0 Å². The Morgan fingerprint density at radius 3 is 2.57 bits per heavy atom. The van der Waals surface area contributed by atoms with Crippen molar-refractivity contribution in [3.05, 3.63) is 58.3 Å². The predicted octanol–water partition coefficient (Wildman–Crippen LogP) is 4.54. The first kappa shape index (κ1) is 19.1. The molecule has 0 atom stereocenters. The van der Waals surface area contributed by atoms with Crippen molar-refractivity contribution in [2.45, 2.75) is 25.6 Å². The molecule has 1 aliphatic rings. The molecule has 0 aliphatic carbocycles. The first-order chi connectivity index (χ1) is 13.6. The van der Waals surface area contributed by atoms with Crippen molar-refractivity contribution in [1.29, 1.82) is 0 Å². The number of hydrogen-bond acceptors (Lipinski definition) is 6. The van der Waals surface area contributed by atoms with Crippen LogP contribution < -0.4 is 9.64 Å². The van der Waals surface area contributed by atoms with Gasteiger partial charge in [0.05, 0.1) is 11.6 Å². The highest BCUT2D eigenvalue weighted by atomic mass is 35.5. The number of hydrogen-bond donors (Lipinski definition) is 1. The van der Waals surface area contributed by atoms with Gasteiger partial charge in [-0.05, 0) is 36.4 Å². The summed E-state index contributed by atoms with van der Waals surface area (Å²) in [5.41, 5.74) is 2.12. The molecule has 1 fully saturated rings. The lowest BCUT2D eigenvalue weighted by molar-refractivity contribution is 0.170. The highest BCUT2D eigenvalue weighted by Crippen LogP contribution is 2.30. The van der Waals surface area contributed by atoms with Crippen molar-refractivity contribution in [3.63, 3.8) is 0 Å². The van der Waals surface area contributed by atoms with Crippen molar-refractivity contribution in [3.8, 4) is 16.3 Å². The number of nitrogens with zero attached hydrogens (tertiary/aromatic N) is 3. The molecular weight excluding hydrogens is 401 g/mol. The molecule has 0 radical (unpaired) electrons. The number of halogens is 2. The minimum atomic E-state index is -0.349. The normalized spacial score (nSPS) is 15.0. The molecule has 1 aromatic heterocycles. The summed E-state index contributed by atoms with van der Waals surface area (Å²) in [6.45, 7) is 1.61. The number of aliphatic hydroxyl groups excluding tert-OH is 1. The summed E-state index contributed by atoms with van der Waals surface area (Å²) in [7, 11) is 0. The third-order valence-corrected chi connectivity index (χ3v) is 5.98. The molecule has 2 aromatic carbocycles. The van der Waals surface area contributed by atoms with Crippen LogP contribution in [0.3, 0.4) is 0 Å². The zero-order valence-electron chi connectivity index (χ0n) is 15.0. The number of anilines is 1. The summed E-state index contributed by atoms with van der Waals surface area (Å²) in [6, 6.07) is 12.4. The Hall–Kier alpha value is -2.22. The Bertz CT molecular complexity index is 943. The summed E-state index contributed by atoms with van der Waals surface area (Å²) >= 11 is 7.48. The molecule has 4 rings (SSSR count). The van der Waals surface area contributed by atoms with Gasteiger partial charge in [-0.25, -0.2) is 4.39 Å². The molecule has 0 spiro atoms. The number of piperidine rings is 1. The Balaban J connectivity index is 1.36. The molecule has 0 unspecified atom stereocenters. The zero-order chi connectivity index (χ0) is 19.5. The lowest BCUT2D eigenvalue weighted by atomic mass is 10.1. The summed E-state index contributed by atoms with van der Waals surface area (Å²) in [4.78, 5) is 2.30. The van der Waals surface area contributed by atoms with Gasteiger partial charge >= 0.3 is 0 Å². The van der Waals surface area contributed by atoms with Crippen LogP contribution in [-0.2, 0) is 6.61 Å². The van der Waals surface area contributed by atoms with E-state index < -0.39 is 0 Å². The first-order valence-electron chi connectivity index (χ1n) is 9.02. The van der Waals surface area contributed by atoms with Crippen molar-refractivity contribution in [2.75, 3.05) is 18.0 Å². The number of aromatic nitrogens is 2. The maximum Gasteiger partial charge on any atom is 0.147 e. The second-order valence-corrected chi connectivity index (χ2v) is 8.05. The van der Waals surface area contributed by atoms with E-state index in [0.29, 0.717) is 15.8 Å². The van der Waals surface area contributed by atoms with Gasteiger partial charge in [0.1, 0.15) is 27.7 Å². The molecule has 1 aliphatic heterocycles. The van der Waals surface area contributed by atoms with Gasteiger partial charge in [-0.1, -0.05) is 22.9 Å². The van der Waals surface area contributed by atoms with Gasteiger partial charge < -0.3 is 14.7 Å². The van der Waals surface area contributed by atoms with Gasteiger partial charge in [0.25, 0.3) is 0 Å². The van der Waals surface area contributed by atoms with E-state index in [0.717, 1.165) is 42.2 Å². The van der Waals surface area contributed by atoms with Crippen LogP contribution in [0.4, 0.5) is 10.1 Å². The van der Waals surface area contributed by atoms with Gasteiger partial charge in [0.2, 0.25) is 0 Å². The summed E-state index contributed by atoms with van der Waals surface area (Å²) in [5, 5.41) is 19.0. The smallest absolute Gasteiger partial charge is 0.147 e. The molecular formula is C20H19ClFN3O2S. The van der Waals surface area contributed by atoms with E-state index in [1.165, 1.54) is 29.5 Å². The third-order valence-electron chi connectivity index (χ3n) is 4.71. The largest absolute Gasteiger partial charge is 0.489 e. The third kappa shape index (κ3) is 4.27. The molecule has 1 saturated heterocycles. The van der Waals surface area contributed by atoms with Crippen LogP contribution in [0.5, 0.6) is 5.75 Å². The standard InChI is InChI=1S/C20H19ClFN3O2S/c21-17-6-3-14(22)11-18(17)27-16-7-9-25(10-8-16)15-4-1-13(2-5-15)20-24-23-19(12-26)28-20/h1-6,11,16,26H,7-10,12H2. The van der Waals surface area contributed by atoms with Crippen molar-refractivity contribution in [2.24, 2.45) is 0 Å². The number of aliphatic hydroxyl groups is 1. The Morgan fingerprint density at radius 2 is 1.89 bits per heavy atom. The molecule has 28 heavy (non-hydrogen) atoms. The van der Waals surface area contributed by atoms with Gasteiger partial charge in [0, 0.05) is 43.2 Å². The lowest BCUT2D eigenvalue weighted by Gasteiger charge is -2.34. The lowest BCUT2D eigenvalue weighted by Crippen LogP contribution is -2.38. The second-order valence-electron chi connectivity index (χ2n) is 6.58. The van der Waals surface area contributed by atoms with E-state index in [2.05, 4.69) is 27.2 Å². The molecule has 5 nitrogen and oxygen atoms in total. The number of benzene rings is 2. The maximum absolute atomic E-state index is 13.4. The maximum atomic E-state index is 13.4. The minimum Gasteiger partial charge on any atom is -0.489 e. The van der Waals surface area contributed by atoms with Crippen molar-refractivity contribution < 1.29 is 14.2 Å². The molecule has 0 saturated carbocycles. The van der Waals surface area contributed by atoms with Crippen LogP contribution in [-0.4, -0.2) is 34.5 Å². The summed E-state index contributed by atoms with van der Waals surface area (Å²) < 4.78 is 19.3. The van der Waals surface area contributed by atoms with Crippen LogP contribution in [0.25, 0.3) is 10.6 Å². The SMILES string of the molecule is OCc1nnc(-c2ccc(N3CCC(Oc4cc(F)ccc4Cl)CC3)cc2)s1. The van der Waals surface area contributed by atoms with Gasteiger partial charge in [-0.15, -0.1) is 10.2 Å². The fourth-order valence-corrected chi connectivity index (χ4v) is 4.09. The monoisotopic (exact) mass is 419 g/mol. The van der Waals surface area contributed by atoms with Crippen LogP contribution in [0, 0.1) is 5.82 Å². The van der Waals surface area contributed by atoms with Crippen molar-refractivity contribution in [1.82, 2.24) is 10.2 Å². The molecule has 146 valence electrons. The number of rotatable bonds is 5. The molecule has 8 heteroatoms. The average Bonchev–Trinajstić information content (AvgIpc) is 3.21. The molecule has 3 aromatic rings. The Morgan fingerprint density at radius 1 is 1.14 bits per heavy atom. The molecule has 0 amide bonds. The Kier molecular flexibility index (Phi) is 5.75. The summed E-state index contributed by atoms with van der Waals surface area (Å²) in [5.74, 6) is 0.0576. The predicted molar refractivity (Wildman–Crippen MR) is 109 cm³/mol. The number of ether oxygens (including phenoxy) is 1. The molecule has 2 heterocycles. The molecule has 0 bridgehead atoms. The fraction of sp³-hybridized carbons (Fsp3) is 0.300. The van der Waals surface area contributed by atoms with Gasteiger partial charge in [0.15, 0.2) is 0 Å². The first-order valence-corrected chi connectivity index (χ1v) is 10.2. The highest BCUT2D eigenvalue weighted by Gasteiger charge is 2.22. The average molecular weight is 420 g/mol.